The van der Waals surface area contributed by atoms with Crippen LogP contribution in [0.5, 0.6) is 5.75 Å². The van der Waals surface area contributed by atoms with Crippen LogP contribution in [0.15, 0.2) is 18.2 Å². The van der Waals surface area contributed by atoms with Gasteiger partial charge in [-0.15, -0.1) is 0 Å². The van der Waals surface area contributed by atoms with E-state index in [1.807, 2.05) is 17.9 Å². The molecule has 0 saturated heterocycles. The molecule has 1 rings (SSSR count). The standard InChI is InChI=1S/C13H15N3O/c1-3-16(7-6-14)10-11-4-5-13(17-2)12(8-11)9-15/h4-5,8H,3,7,10H2,1-2H3. The van der Waals surface area contributed by atoms with Gasteiger partial charge in [0.15, 0.2) is 0 Å². The van der Waals surface area contributed by atoms with Gasteiger partial charge in [0.05, 0.1) is 25.3 Å². The summed E-state index contributed by atoms with van der Waals surface area (Å²) in [6.45, 7) is 3.88. The monoisotopic (exact) mass is 229 g/mol. The van der Waals surface area contributed by atoms with Gasteiger partial charge in [-0.1, -0.05) is 13.0 Å². The lowest BCUT2D eigenvalue weighted by molar-refractivity contribution is 0.314. The molecule has 1 aromatic carbocycles. The molecule has 0 aromatic heterocycles. The first-order valence-electron chi connectivity index (χ1n) is 5.41. The molecule has 17 heavy (non-hydrogen) atoms. The van der Waals surface area contributed by atoms with Gasteiger partial charge in [-0.2, -0.15) is 10.5 Å². The summed E-state index contributed by atoms with van der Waals surface area (Å²) in [4.78, 5) is 2.00. The number of nitriles is 2. The minimum Gasteiger partial charge on any atom is -0.495 e. The van der Waals surface area contributed by atoms with Crippen LogP contribution in [0.1, 0.15) is 18.1 Å². The summed E-state index contributed by atoms with van der Waals surface area (Å²) in [6.07, 6.45) is 0. The van der Waals surface area contributed by atoms with Crippen molar-refractivity contribution in [1.29, 1.82) is 10.5 Å². The molecular formula is C13H15N3O. The molecule has 0 fully saturated rings. The fourth-order valence-corrected chi connectivity index (χ4v) is 1.58. The summed E-state index contributed by atoms with van der Waals surface area (Å²) in [5, 5.41) is 17.6. The van der Waals surface area contributed by atoms with Crippen molar-refractivity contribution in [3.63, 3.8) is 0 Å². The van der Waals surface area contributed by atoms with E-state index >= 15 is 0 Å². The lowest BCUT2D eigenvalue weighted by atomic mass is 10.1. The molecule has 4 nitrogen and oxygen atoms in total. The van der Waals surface area contributed by atoms with Crippen LogP contribution in [0.3, 0.4) is 0 Å². The van der Waals surface area contributed by atoms with Gasteiger partial charge in [-0.3, -0.25) is 4.90 Å². The van der Waals surface area contributed by atoms with Gasteiger partial charge in [0, 0.05) is 6.54 Å². The third kappa shape index (κ3) is 3.48. The van der Waals surface area contributed by atoms with Crippen molar-refractivity contribution in [2.75, 3.05) is 20.2 Å². The SMILES string of the molecule is CCN(CC#N)Cc1ccc(OC)c(C#N)c1. The Bertz CT molecular complexity index is 457. The van der Waals surface area contributed by atoms with Crippen molar-refractivity contribution in [2.45, 2.75) is 13.5 Å². The Morgan fingerprint density at radius 3 is 2.65 bits per heavy atom. The molecule has 1 aromatic rings. The van der Waals surface area contributed by atoms with Crippen LogP contribution >= 0.6 is 0 Å². The first-order valence-corrected chi connectivity index (χ1v) is 5.41. The molecule has 4 heteroatoms. The lowest BCUT2D eigenvalue weighted by Crippen LogP contribution is -2.23. The number of benzene rings is 1. The normalized spacial score (nSPS) is 9.71. The van der Waals surface area contributed by atoms with Gasteiger partial charge in [0.25, 0.3) is 0 Å². The maximum absolute atomic E-state index is 8.97. The highest BCUT2D eigenvalue weighted by Crippen LogP contribution is 2.19. The number of nitrogens with zero attached hydrogens (tertiary/aromatic N) is 3. The average molecular weight is 229 g/mol. The van der Waals surface area contributed by atoms with Crippen molar-refractivity contribution in [2.24, 2.45) is 0 Å². The van der Waals surface area contributed by atoms with Gasteiger partial charge >= 0.3 is 0 Å². The molecule has 0 N–H and O–H groups in total. The van der Waals surface area contributed by atoms with E-state index in [0.29, 0.717) is 24.4 Å². The molecular weight excluding hydrogens is 214 g/mol. The molecule has 0 heterocycles. The minimum atomic E-state index is 0.393. The van der Waals surface area contributed by atoms with E-state index < -0.39 is 0 Å². The summed E-state index contributed by atoms with van der Waals surface area (Å²) >= 11 is 0. The Kier molecular flexibility index (Phi) is 5.00. The highest BCUT2D eigenvalue weighted by Gasteiger charge is 2.07. The van der Waals surface area contributed by atoms with Gasteiger partial charge in [0.2, 0.25) is 0 Å². The van der Waals surface area contributed by atoms with E-state index in [2.05, 4.69) is 12.1 Å². The topological polar surface area (TPSA) is 60.1 Å². The van der Waals surface area contributed by atoms with E-state index in [-0.39, 0.29) is 0 Å². The molecule has 0 spiro atoms. The highest BCUT2D eigenvalue weighted by atomic mass is 16.5. The first kappa shape index (κ1) is 13.0. The van der Waals surface area contributed by atoms with Crippen LogP contribution < -0.4 is 4.74 Å². The van der Waals surface area contributed by atoms with Crippen molar-refractivity contribution < 1.29 is 4.74 Å². The number of ether oxygens (including phenoxy) is 1. The minimum absolute atomic E-state index is 0.393. The molecule has 0 amide bonds. The van der Waals surface area contributed by atoms with Crippen LogP contribution in [0, 0.1) is 22.7 Å². The molecule has 0 aliphatic heterocycles. The van der Waals surface area contributed by atoms with E-state index in [1.54, 1.807) is 19.2 Å². The summed E-state index contributed by atoms with van der Waals surface area (Å²) in [5.41, 5.74) is 1.54. The van der Waals surface area contributed by atoms with Crippen LogP contribution in [0.4, 0.5) is 0 Å². The Hall–Kier alpha value is -2.04. The average Bonchev–Trinajstić information content (AvgIpc) is 2.38. The second-order valence-corrected chi connectivity index (χ2v) is 3.61. The summed E-state index contributed by atoms with van der Waals surface area (Å²) < 4.78 is 5.08. The Morgan fingerprint density at radius 1 is 1.35 bits per heavy atom. The van der Waals surface area contributed by atoms with Gasteiger partial charge in [-0.25, -0.2) is 0 Å². The summed E-state index contributed by atoms with van der Waals surface area (Å²) in [7, 11) is 1.55. The predicted octanol–water partition coefficient (Wildman–Crippen LogP) is 1.91. The first-order chi connectivity index (χ1) is 8.24. The molecule has 0 atom stereocenters. The van der Waals surface area contributed by atoms with Crippen molar-refractivity contribution in [1.82, 2.24) is 4.90 Å². The van der Waals surface area contributed by atoms with Crippen LogP contribution in [-0.2, 0) is 6.54 Å². The van der Waals surface area contributed by atoms with Gasteiger partial charge < -0.3 is 4.74 Å². The Morgan fingerprint density at radius 2 is 2.12 bits per heavy atom. The van der Waals surface area contributed by atoms with E-state index in [4.69, 9.17) is 15.3 Å². The van der Waals surface area contributed by atoms with Gasteiger partial charge in [0.1, 0.15) is 11.8 Å². The number of methoxy groups -OCH3 is 1. The smallest absolute Gasteiger partial charge is 0.136 e. The van der Waals surface area contributed by atoms with E-state index in [1.165, 1.54) is 0 Å². The molecule has 0 aliphatic carbocycles. The molecule has 0 bridgehead atoms. The highest BCUT2D eigenvalue weighted by molar-refractivity contribution is 5.45. The lowest BCUT2D eigenvalue weighted by Gasteiger charge is -2.17. The zero-order chi connectivity index (χ0) is 12.7. The fraction of sp³-hybridized carbons (Fsp3) is 0.385. The molecule has 0 radical (unpaired) electrons. The zero-order valence-electron chi connectivity index (χ0n) is 10.1. The fourth-order valence-electron chi connectivity index (χ4n) is 1.58. The van der Waals surface area contributed by atoms with Crippen LogP contribution in [0.2, 0.25) is 0 Å². The number of rotatable bonds is 5. The van der Waals surface area contributed by atoms with Crippen LogP contribution in [-0.4, -0.2) is 25.1 Å². The number of hydrogen-bond acceptors (Lipinski definition) is 4. The predicted molar refractivity (Wildman–Crippen MR) is 64.3 cm³/mol. The van der Waals surface area contributed by atoms with Crippen molar-refractivity contribution in [3.8, 4) is 17.9 Å². The quantitative estimate of drug-likeness (QED) is 0.724. The molecule has 0 saturated carbocycles. The van der Waals surface area contributed by atoms with E-state index in [0.717, 1.165) is 12.1 Å². The second kappa shape index (κ2) is 6.52. The van der Waals surface area contributed by atoms with Gasteiger partial charge in [-0.05, 0) is 24.2 Å². The third-order valence-corrected chi connectivity index (χ3v) is 2.53. The second-order valence-electron chi connectivity index (χ2n) is 3.61. The molecule has 88 valence electrons. The summed E-state index contributed by atoms with van der Waals surface area (Å²) in [6, 6.07) is 9.73. The third-order valence-electron chi connectivity index (χ3n) is 2.53. The summed E-state index contributed by atoms with van der Waals surface area (Å²) in [5.74, 6) is 0.583. The van der Waals surface area contributed by atoms with Crippen LogP contribution in [0.25, 0.3) is 0 Å². The Balaban J connectivity index is 2.86. The zero-order valence-corrected chi connectivity index (χ0v) is 10.1. The molecule has 0 aliphatic rings. The Labute approximate surface area is 102 Å². The molecule has 0 unspecified atom stereocenters. The maximum atomic E-state index is 8.97. The largest absolute Gasteiger partial charge is 0.495 e. The van der Waals surface area contributed by atoms with E-state index in [9.17, 15) is 0 Å². The number of hydrogen-bond donors (Lipinski definition) is 0. The maximum Gasteiger partial charge on any atom is 0.136 e. The van der Waals surface area contributed by atoms with Crippen molar-refractivity contribution >= 4 is 0 Å². The van der Waals surface area contributed by atoms with Crippen molar-refractivity contribution in [3.05, 3.63) is 29.3 Å².